The quantitative estimate of drug-likeness (QED) is 0.288. The van der Waals surface area contributed by atoms with E-state index < -0.39 is 17.6 Å². The molecule has 4 heteroatoms. The van der Waals surface area contributed by atoms with Crippen molar-refractivity contribution in [3.05, 3.63) is 0 Å². The topological polar surface area (TPSA) is 0 Å². The molecule has 4 radical (unpaired) electrons. The van der Waals surface area contributed by atoms with Crippen molar-refractivity contribution in [3.8, 4) is 0 Å². The first-order valence-corrected chi connectivity index (χ1v) is 16.9. The van der Waals surface area contributed by atoms with Crippen molar-refractivity contribution < 1.29 is 0 Å². The minimum absolute atomic E-state index is 0.391. The van der Waals surface area contributed by atoms with Gasteiger partial charge in [0.25, 0.3) is 0 Å². The Morgan fingerprint density at radius 3 is 0.393 bits per heavy atom. The van der Waals surface area contributed by atoms with Crippen LogP contribution in [-0.4, -0.2) is 35.2 Å². The van der Waals surface area contributed by atoms with Gasteiger partial charge < -0.3 is 0 Å². The monoisotopic (exact) mass is 502 g/mol. The van der Waals surface area contributed by atoms with Crippen LogP contribution in [-0.2, 0) is 0 Å². The fraction of sp³-hybridized carbons (Fsp3) is 1.00. The van der Waals surface area contributed by atoms with Gasteiger partial charge in [-0.2, -0.15) is 0 Å². The Kier molecular flexibility index (Phi) is 13.7. The van der Waals surface area contributed by atoms with Crippen molar-refractivity contribution >= 4 is 44.8 Å². The molecule has 0 amide bonds. The molecule has 0 saturated heterocycles. The molecule has 0 unspecified atom stereocenters. The van der Waals surface area contributed by atoms with E-state index in [1.165, 1.54) is 0 Å². The van der Waals surface area contributed by atoms with E-state index in [0.29, 0.717) is 30.2 Å². The number of rotatable bonds is 0. The predicted molar refractivity (Wildman–Crippen MR) is 141 cm³/mol. The van der Waals surface area contributed by atoms with E-state index in [1.807, 2.05) is 0 Å². The molecule has 0 heterocycles. The first-order valence-electron chi connectivity index (χ1n) is 10.7. The van der Waals surface area contributed by atoms with Crippen molar-refractivity contribution in [1.82, 2.24) is 0 Å². The van der Waals surface area contributed by atoms with Crippen LogP contribution < -0.4 is 0 Å². The van der Waals surface area contributed by atoms with Crippen molar-refractivity contribution in [2.45, 2.75) is 155 Å². The van der Waals surface area contributed by atoms with Crippen molar-refractivity contribution in [2.75, 3.05) is 0 Å². The van der Waals surface area contributed by atoms with Gasteiger partial charge in [-0.1, -0.05) is 125 Å². The van der Waals surface area contributed by atoms with Crippen molar-refractivity contribution in [1.29, 1.82) is 0 Å². The first-order chi connectivity index (χ1) is 11.7. The molecule has 0 aromatic rings. The summed E-state index contributed by atoms with van der Waals surface area (Å²) in [7, 11) is 3.92. The molecule has 168 valence electrons. The zero-order valence-electron chi connectivity index (χ0n) is 23.0. The van der Waals surface area contributed by atoms with Gasteiger partial charge in [0.1, 0.15) is 0 Å². The summed E-state index contributed by atoms with van der Waals surface area (Å²) < 4.78 is 0. The van der Waals surface area contributed by atoms with Crippen LogP contribution in [0.2, 0.25) is 30.2 Å². The number of hydrogen-bond donors (Lipinski definition) is 0. The van der Waals surface area contributed by atoms with Gasteiger partial charge in [0.05, 0.1) is 17.6 Å². The molecule has 0 spiro atoms. The van der Waals surface area contributed by atoms with Gasteiger partial charge in [-0.05, 0) is 30.2 Å². The van der Waals surface area contributed by atoms with Crippen LogP contribution in [0.4, 0.5) is 0 Å². The summed E-state index contributed by atoms with van der Waals surface area (Å²) in [5.74, 6) is 0. The Morgan fingerprint density at radius 1 is 0.321 bits per heavy atom. The van der Waals surface area contributed by atoms with E-state index in [9.17, 15) is 0 Å². The van der Waals surface area contributed by atoms with Gasteiger partial charge >= 0.3 is 27.2 Å². The Hall–Kier alpha value is 1.36. The average Bonchev–Trinajstić information content (AvgIpc) is 2.17. The number of hydrogen-bond acceptors (Lipinski definition) is 0. The molecule has 0 N–H and O–H groups in total. The summed E-state index contributed by atoms with van der Waals surface area (Å²) >= 11 is 1.16. The van der Waals surface area contributed by atoms with Crippen molar-refractivity contribution in [3.63, 3.8) is 0 Å². The molecule has 0 aliphatic rings. The van der Waals surface area contributed by atoms with Gasteiger partial charge in [-0.25, -0.2) is 0 Å². The Labute approximate surface area is 198 Å². The molecule has 0 aliphatic carbocycles. The fourth-order valence-corrected chi connectivity index (χ4v) is 20.2. The van der Waals surface area contributed by atoms with E-state index in [1.54, 1.807) is 0 Å². The summed E-state index contributed by atoms with van der Waals surface area (Å²) in [6.45, 7) is 43.2. The third-order valence-electron chi connectivity index (χ3n) is 4.50. The molecule has 0 bridgehead atoms. The standard InChI is InChI=1S/2C12H27Si.ClH.Ga/c2*1-10(2,3)13(11(4,5)6)12(7,8)9;;/h2*1-9H3;1H;/q;;;+1/p-1. The third-order valence-corrected chi connectivity index (χ3v) is 13.5. The second-order valence-electron chi connectivity index (χ2n) is 14.2. The van der Waals surface area contributed by atoms with E-state index >= 15 is 0 Å². The maximum absolute atomic E-state index is 4.70. The second-order valence-corrected chi connectivity index (χ2v) is 24.8. The zero-order valence-corrected chi connectivity index (χ0v) is 28.1. The maximum atomic E-state index is 4.70. The summed E-state index contributed by atoms with van der Waals surface area (Å²) in [6.07, 6.45) is 0. The Balaban J connectivity index is -0.000000410. The fourth-order valence-electron chi connectivity index (χ4n) is 6.75. The molecule has 0 aromatic heterocycles. The van der Waals surface area contributed by atoms with E-state index in [4.69, 9.17) is 9.64 Å². The predicted octanol–water partition coefficient (Wildman–Crippen LogP) is 10.1. The second kappa shape index (κ2) is 11.3. The van der Waals surface area contributed by atoms with Crippen LogP contribution in [0, 0.1) is 0 Å². The molecule has 0 saturated carbocycles. The molecular formula is C24H54ClGaSi2. The van der Waals surface area contributed by atoms with Crippen LogP contribution in [0.5, 0.6) is 0 Å². The Morgan fingerprint density at radius 2 is 0.393 bits per heavy atom. The normalized spacial score (nSPS) is 14.3. The van der Waals surface area contributed by atoms with E-state index in [0.717, 1.165) is 17.6 Å². The summed E-state index contributed by atoms with van der Waals surface area (Å²) in [4.78, 5) is 0. The summed E-state index contributed by atoms with van der Waals surface area (Å²) in [5, 5.41) is 2.92. The average molecular weight is 504 g/mol. The summed E-state index contributed by atoms with van der Waals surface area (Å²) in [6, 6.07) is 0. The van der Waals surface area contributed by atoms with Gasteiger partial charge in [0, 0.05) is 0 Å². The van der Waals surface area contributed by atoms with E-state index in [2.05, 4.69) is 125 Å². The van der Waals surface area contributed by atoms with Crippen LogP contribution in [0.15, 0.2) is 0 Å². The molecule has 0 aromatic carbocycles. The van der Waals surface area contributed by atoms with Crippen molar-refractivity contribution in [2.24, 2.45) is 0 Å². The first kappa shape index (κ1) is 34.0. The Bertz CT molecular complexity index is 310. The van der Waals surface area contributed by atoms with Crippen LogP contribution in [0.1, 0.15) is 125 Å². The molecule has 0 fully saturated rings. The number of halogens is 1. The SMILES string of the molecule is CC(C)(C)[Si](C(C)(C)C)C(C)(C)C.CC(C)(C)[Si](C(C)(C)C)C(C)(C)C.[Cl][Ga]. The molecule has 0 rings (SSSR count). The van der Waals surface area contributed by atoms with Gasteiger partial charge in [0.2, 0.25) is 0 Å². The van der Waals surface area contributed by atoms with Crippen LogP contribution >= 0.6 is 9.64 Å². The van der Waals surface area contributed by atoms with Crippen LogP contribution in [0.3, 0.4) is 0 Å². The van der Waals surface area contributed by atoms with Gasteiger partial charge in [-0.15, -0.1) is 0 Å². The molecule has 0 aliphatic heterocycles. The van der Waals surface area contributed by atoms with E-state index in [-0.39, 0.29) is 0 Å². The third kappa shape index (κ3) is 13.6. The van der Waals surface area contributed by atoms with Crippen LogP contribution in [0.25, 0.3) is 0 Å². The molecular weight excluding hydrogens is 450 g/mol. The minimum atomic E-state index is -0.391. The summed E-state index contributed by atoms with van der Waals surface area (Å²) in [5.41, 5.74) is 0. The molecule has 0 atom stereocenters. The molecule has 0 nitrogen and oxygen atoms in total. The molecule has 28 heavy (non-hydrogen) atoms. The zero-order chi connectivity index (χ0) is 24.2. The van der Waals surface area contributed by atoms with Gasteiger partial charge in [0.15, 0.2) is 0 Å². The van der Waals surface area contributed by atoms with Gasteiger partial charge in [-0.3, -0.25) is 0 Å².